The fourth-order valence-corrected chi connectivity index (χ4v) is 1.96. The van der Waals surface area contributed by atoms with E-state index in [1.807, 2.05) is 0 Å². The summed E-state index contributed by atoms with van der Waals surface area (Å²) in [5.41, 5.74) is 1.53. The molecule has 0 heterocycles. The standard InChI is InChI=1S/C18H18FNO4/c1-23-16-8-4-13(5-9-16)10-18(22)24-12-17(21)20-11-14-2-6-15(19)7-3-14/h2-9H,10-12H2,1H3,(H,20,21). The molecule has 0 radical (unpaired) electrons. The third-order valence-electron chi connectivity index (χ3n) is 3.27. The highest BCUT2D eigenvalue weighted by Gasteiger charge is 2.09. The summed E-state index contributed by atoms with van der Waals surface area (Å²) in [4.78, 5) is 23.4. The van der Waals surface area contributed by atoms with E-state index in [2.05, 4.69) is 5.32 Å². The zero-order chi connectivity index (χ0) is 17.4. The van der Waals surface area contributed by atoms with Crippen LogP contribution in [0.15, 0.2) is 48.5 Å². The second-order valence-electron chi connectivity index (χ2n) is 5.09. The van der Waals surface area contributed by atoms with Crippen molar-refractivity contribution in [2.75, 3.05) is 13.7 Å². The molecule has 1 N–H and O–H groups in total. The van der Waals surface area contributed by atoms with Crippen molar-refractivity contribution in [3.63, 3.8) is 0 Å². The molecule has 2 aromatic carbocycles. The van der Waals surface area contributed by atoms with Crippen LogP contribution in [0.2, 0.25) is 0 Å². The van der Waals surface area contributed by atoms with Crippen LogP contribution in [0.25, 0.3) is 0 Å². The monoisotopic (exact) mass is 331 g/mol. The Hall–Kier alpha value is -2.89. The molecule has 2 rings (SSSR count). The highest BCUT2D eigenvalue weighted by Crippen LogP contribution is 2.12. The summed E-state index contributed by atoms with van der Waals surface area (Å²) in [6.45, 7) is -0.106. The Bertz CT molecular complexity index is 683. The van der Waals surface area contributed by atoms with Crippen molar-refractivity contribution in [1.82, 2.24) is 5.32 Å². The maximum Gasteiger partial charge on any atom is 0.310 e. The van der Waals surface area contributed by atoms with Gasteiger partial charge in [0.05, 0.1) is 13.5 Å². The third kappa shape index (κ3) is 5.72. The van der Waals surface area contributed by atoms with E-state index in [1.54, 1.807) is 43.5 Å². The number of ether oxygens (including phenoxy) is 2. The fourth-order valence-electron chi connectivity index (χ4n) is 1.96. The molecule has 0 aliphatic rings. The minimum Gasteiger partial charge on any atom is -0.497 e. The topological polar surface area (TPSA) is 64.6 Å². The van der Waals surface area contributed by atoms with E-state index < -0.39 is 11.9 Å². The minimum absolute atomic E-state index is 0.0786. The quantitative estimate of drug-likeness (QED) is 0.790. The average molecular weight is 331 g/mol. The van der Waals surface area contributed by atoms with Crippen molar-refractivity contribution in [3.8, 4) is 5.75 Å². The van der Waals surface area contributed by atoms with Crippen molar-refractivity contribution < 1.29 is 23.5 Å². The largest absolute Gasteiger partial charge is 0.497 e. The Labute approximate surface area is 139 Å². The first-order valence-electron chi connectivity index (χ1n) is 7.36. The summed E-state index contributed by atoms with van der Waals surface area (Å²) < 4.78 is 22.7. The summed E-state index contributed by atoms with van der Waals surface area (Å²) in [5, 5.41) is 2.60. The van der Waals surface area contributed by atoms with Gasteiger partial charge in [-0.05, 0) is 35.4 Å². The molecular weight excluding hydrogens is 313 g/mol. The van der Waals surface area contributed by atoms with Crippen molar-refractivity contribution in [1.29, 1.82) is 0 Å². The highest BCUT2D eigenvalue weighted by atomic mass is 19.1. The summed E-state index contributed by atoms with van der Waals surface area (Å²) >= 11 is 0. The second kappa shape index (κ2) is 8.67. The van der Waals surface area contributed by atoms with Gasteiger partial charge in [0.15, 0.2) is 6.61 Å². The molecule has 0 unspecified atom stereocenters. The molecule has 0 atom stereocenters. The van der Waals surface area contributed by atoms with Crippen LogP contribution in [0.3, 0.4) is 0 Å². The predicted molar refractivity (Wildman–Crippen MR) is 85.9 cm³/mol. The third-order valence-corrected chi connectivity index (χ3v) is 3.27. The number of carbonyl (C=O) groups excluding carboxylic acids is 2. The molecule has 0 fully saturated rings. The molecule has 6 heteroatoms. The van der Waals surface area contributed by atoms with Gasteiger partial charge in [0.1, 0.15) is 11.6 Å². The lowest BCUT2D eigenvalue weighted by Crippen LogP contribution is -2.28. The lowest BCUT2D eigenvalue weighted by molar-refractivity contribution is -0.147. The summed E-state index contributed by atoms with van der Waals surface area (Å²) in [7, 11) is 1.56. The van der Waals surface area contributed by atoms with Crippen LogP contribution in [0, 0.1) is 5.82 Å². The molecule has 2 aromatic rings. The van der Waals surface area contributed by atoms with Crippen LogP contribution < -0.4 is 10.1 Å². The first-order valence-corrected chi connectivity index (χ1v) is 7.36. The van der Waals surface area contributed by atoms with E-state index in [9.17, 15) is 14.0 Å². The minimum atomic E-state index is -0.489. The van der Waals surface area contributed by atoms with Crippen LogP contribution in [-0.2, 0) is 27.3 Å². The maximum absolute atomic E-state index is 12.8. The van der Waals surface area contributed by atoms with Crippen molar-refractivity contribution in [3.05, 3.63) is 65.5 Å². The molecular formula is C18H18FNO4. The number of carbonyl (C=O) groups is 2. The molecule has 0 saturated carbocycles. The van der Waals surface area contributed by atoms with E-state index in [0.29, 0.717) is 5.75 Å². The Balaban J connectivity index is 1.70. The molecule has 0 saturated heterocycles. The first-order chi connectivity index (χ1) is 11.6. The number of halogens is 1. The summed E-state index contributed by atoms with van der Waals surface area (Å²) in [6.07, 6.45) is 0.0786. The first kappa shape index (κ1) is 17.5. The van der Waals surface area contributed by atoms with Crippen LogP contribution >= 0.6 is 0 Å². The van der Waals surface area contributed by atoms with Gasteiger partial charge in [0.2, 0.25) is 0 Å². The molecule has 0 aliphatic carbocycles. The zero-order valence-electron chi connectivity index (χ0n) is 13.3. The summed E-state index contributed by atoms with van der Waals surface area (Å²) in [6, 6.07) is 12.8. The molecule has 0 spiro atoms. The van der Waals surface area contributed by atoms with Gasteiger partial charge in [-0.15, -0.1) is 0 Å². The van der Waals surface area contributed by atoms with E-state index in [1.165, 1.54) is 12.1 Å². The Morgan fingerprint density at radius 2 is 1.62 bits per heavy atom. The average Bonchev–Trinajstić information content (AvgIpc) is 2.60. The number of esters is 1. The second-order valence-corrected chi connectivity index (χ2v) is 5.09. The van der Waals surface area contributed by atoms with Crippen molar-refractivity contribution >= 4 is 11.9 Å². The number of hydrogen-bond acceptors (Lipinski definition) is 4. The maximum atomic E-state index is 12.8. The van der Waals surface area contributed by atoms with Gasteiger partial charge < -0.3 is 14.8 Å². The van der Waals surface area contributed by atoms with Gasteiger partial charge in [-0.2, -0.15) is 0 Å². The zero-order valence-corrected chi connectivity index (χ0v) is 13.3. The normalized spacial score (nSPS) is 10.1. The van der Waals surface area contributed by atoms with Gasteiger partial charge in [-0.1, -0.05) is 24.3 Å². The van der Waals surface area contributed by atoms with E-state index in [4.69, 9.17) is 9.47 Å². The molecule has 5 nitrogen and oxygen atoms in total. The Morgan fingerprint density at radius 3 is 2.25 bits per heavy atom. The van der Waals surface area contributed by atoms with E-state index in [-0.39, 0.29) is 25.4 Å². The molecule has 24 heavy (non-hydrogen) atoms. The Morgan fingerprint density at radius 1 is 1.00 bits per heavy atom. The summed E-state index contributed by atoms with van der Waals surface area (Å²) in [5.74, 6) is -0.538. The van der Waals surface area contributed by atoms with Gasteiger partial charge in [-0.25, -0.2) is 4.39 Å². The number of nitrogens with one attached hydrogen (secondary N) is 1. The van der Waals surface area contributed by atoms with Gasteiger partial charge >= 0.3 is 5.97 Å². The van der Waals surface area contributed by atoms with Crippen LogP contribution in [0.1, 0.15) is 11.1 Å². The van der Waals surface area contributed by atoms with Crippen molar-refractivity contribution in [2.24, 2.45) is 0 Å². The Kier molecular flexibility index (Phi) is 6.31. The number of amides is 1. The van der Waals surface area contributed by atoms with Gasteiger partial charge in [0.25, 0.3) is 5.91 Å². The lowest BCUT2D eigenvalue weighted by atomic mass is 10.1. The van der Waals surface area contributed by atoms with E-state index >= 15 is 0 Å². The fraction of sp³-hybridized carbons (Fsp3) is 0.222. The smallest absolute Gasteiger partial charge is 0.310 e. The number of methoxy groups -OCH3 is 1. The number of hydrogen-bond donors (Lipinski definition) is 1. The van der Waals surface area contributed by atoms with Crippen LogP contribution in [-0.4, -0.2) is 25.6 Å². The SMILES string of the molecule is COc1ccc(CC(=O)OCC(=O)NCc2ccc(F)cc2)cc1. The van der Waals surface area contributed by atoms with Crippen molar-refractivity contribution in [2.45, 2.75) is 13.0 Å². The molecule has 126 valence electrons. The molecule has 0 aliphatic heterocycles. The molecule has 0 aromatic heterocycles. The lowest BCUT2D eigenvalue weighted by Gasteiger charge is -2.07. The van der Waals surface area contributed by atoms with Gasteiger partial charge in [-0.3, -0.25) is 9.59 Å². The highest BCUT2D eigenvalue weighted by molar-refractivity contribution is 5.81. The van der Waals surface area contributed by atoms with Crippen LogP contribution in [0.5, 0.6) is 5.75 Å². The van der Waals surface area contributed by atoms with Crippen LogP contribution in [0.4, 0.5) is 4.39 Å². The molecule has 0 bridgehead atoms. The predicted octanol–water partition coefficient (Wildman–Crippen LogP) is 2.24. The van der Waals surface area contributed by atoms with Gasteiger partial charge in [0, 0.05) is 6.54 Å². The van der Waals surface area contributed by atoms with E-state index in [0.717, 1.165) is 11.1 Å². The number of benzene rings is 2. The number of rotatable bonds is 7. The molecule has 1 amide bonds.